The van der Waals surface area contributed by atoms with Gasteiger partial charge in [0.25, 0.3) is 0 Å². The molecule has 112 valence electrons. The minimum absolute atomic E-state index is 0.123. The number of dihydropyridines is 1. The van der Waals surface area contributed by atoms with Crippen LogP contribution in [0.3, 0.4) is 0 Å². The zero-order chi connectivity index (χ0) is 16.4. The highest BCUT2D eigenvalue weighted by molar-refractivity contribution is 5.99. The Kier molecular flexibility index (Phi) is 3.86. The maximum absolute atomic E-state index is 11.6. The quantitative estimate of drug-likeness (QED) is 0.615. The maximum atomic E-state index is 11.6. The van der Waals surface area contributed by atoms with Gasteiger partial charge in [-0.2, -0.15) is 5.26 Å². The molecule has 2 rings (SSSR count). The van der Waals surface area contributed by atoms with Crippen molar-refractivity contribution in [1.82, 2.24) is 5.32 Å². The lowest BCUT2D eigenvalue weighted by molar-refractivity contribution is -0.133. The molecule has 0 fully saturated rings. The van der Waals surface area contributed by atoms with Crippen molar-refractivity contribution in [2.75, 3.05) is 5.73 Å². The van der Waals surface area contributed by atoms with Gasteiger partial charge in [0.15, 0.2) is 0 Å². The molecule has 0 saturated carbocycles. The fraction of sp³-hybridized carbons (Fsp3) is 0.133. The molecule has 0 spiro atoms. The number of allylic oxidation sites excluding steroid dienone is 2. The van der Waals surface area contributed by atoms with Crippen LogP contribution in [0.25, 0.3) is 0 Å². The molecule has 1 aliphatic heterocycles. The van der Waals surface area contributed by atoms with E-state index in [2.05, 4.69) is 5.32 Å². The van der Waals surface area contributed by atoms with E-state index in [1.165, 1.54) is 13.0 Å². The summed E-state index contributed by atoms with van der Waals surface area (Å²) in [7, 11) is 0. The van der Waals surface area contributed by atoms with Crippen LogP contribution in [0.1, 0.15) is 18.4 Å². The van der Waals surface area contributed by atoms with E-state index < -0.39 is 17.9 Å². The lowest BCUT2D eigenvalue weighted by Crippen LogP contribution is -2.31. The molecule has 1 aromatic rings. The number of nitrogens with two attached hydrogens (primary N) is 1. The molecule has 0 radical (unpaired) electrons. The topological polar surface area (TPSA) is 136 Å². The Balaban J connectivity index is 2.76. The maximum Gasteiger partial charge on any atom is 0.335 e. The summed E-state index contributed by atoms with van der Waals surface area (Å²) in [6, 6.07) is 8.07. The van der Waals surface area contributed by atoms with Gasteiger partial charge in [0, 0.05) is 11.4 Å². The van der Waals surface area contributed by atoms with E-state index in [4.69, 9.17) is 11.0 Å². The minimum Gasteiger partial charge on any atom is -0.478 e. The Hall–Kier alpha value is -3.27. The molecule has 7 heteroatoms. The fourth-order valence-corrected chi connectivity index (χ4v) is 2.50. The predicted octanol–water partition coefficient (Wildman–Crippen LogP) is 1.18. The summed E-state index contributed by atoms with van der Waals surface area (Å²) >= 11 is 0. The van der Waals surface area contributed by atoms with Gasteiger partial charge in [-0.3, -0.25) is 0 Å². The summed E-state index contributed by atoms with van der Waals surface area (Å²) in [5.74, 6) is -3.69. The molecule has 5 N–H and O–H groups in total. The second-order valence-corrected chi connectivity index (χ2v) is 4.78. The molecule has 1 unspecified atom stereocenters. The largest absolute Gasteiger partial charge is 0.478 e. The Bertz CT molecular complexity index is 771. The third-order valence-electron chi connectivity index (χ3n) is 3.38. The van der Waals surface area contributed by atoms with Gasteiger partial charge in [0.1, 0.15) is 11.8 Å². The standard InChI is InChI=1S/C15H13N3O4/c1-7-11(14(19)20)12(8-3-2-4-9(17)5-8)13(15(21)22)10(6-16)18-7/h2-5,12,18H,17H2,1H3,(H,19,20)(H,21,22). The number of hydrogen-bond donors (Lipinski definition) is 4. The number of hydrogen-bond acceptors (Lipinski definition) is 5. The number of nitrogen functional groups attached to an aromatic ring is 1. The first-order chi connectivity index (χ1) is 10.4. The van der Waals surface area contributed by atoms with E-state index in [1.807, 2.05) is 0 Å². The SMILES string of the molecule is CC1=C(C(=O)O)C(c2cccc(N)c2)C(C(=O)O)=C(C#N)N1. The van der Waals surface area contributed by atoms with E-state index in [1.54, 1.807) is 24.3 Å². The average Bonchev–Trinajstić information content (AvgIpc) is 2.45. The number of rotatable bonds is 3. The molecule has 1 heterocycles. The number of carboxylic acids is 2. The number of benzene rings is 1. The Morgan fingerprint density at radius 3 is 2.41 bits per heavy atom. The second kappa shape index (κ2) is 5.61. The predicted molar refractivity (Wildman–Crippen MR) is 77.3 cm³/mol. The Labute approximate surface area is 126 Å². The van der Waals surface area contributed by atoms with Crippen LogP contribution in [-0.2, 0) is 9.59 Å². The summed E-state index contributed by atoms with van der Waals surface area (Å²) in [6.45, 7) is 1.48. The van der Waals surface area contributed by atoms with Crippen molar-refractivity contribution >= 4 is 17.6 Å². The van der Waals surface area contributed by atoms with Gasteiger partial charge in [-0.1, -0.05) is 12.1 Å². The number of nitrogens with zero attached hydrogens (tertiary/aromatic N) is 1. The molecule has 0 amide bonds. The Morgan fingerprint density at radius 2 is 1.91 bits per heavy atom. The van der Waals surface area contributed by atoms with Crippen LogP contribution in [0, 0.1) is 11.3 Å². The summed E-state index contributed by atoms with van der Waals surface area (Å²) in [5.41, 5.74) is 6.10. The van der Waals surface area contributed by atoms with Crippen molar-refractivity contribution in [3.63, 3.8) is 0 Å². The van der Waals surface area contributed by atoms with Crippen LogP contribution in [0.4, 0.5) is 5.69 Å². The van der Waals surface area contributed by atoms with Crippen LogP contribution < -0.4 is 11.1 Å². The number of carbonyl (C=O) groups is 2. The van der Waals surface area contributed by atoms with Crippen molar-refractivity contribution < 1.29 is 19.8 Å². The number of carboxylic acid groups (broad SMARTS) is 2. The average molecular weight is 299 g/mol. The highest BCUT2D eigenvalue weighted by Gasteiger charge is 2.37. The van der Waals surface area contributed by atoms with Crippen LogP contribution >= 0.6 is 0 Å². The molecule has 0 aromatic heterocycles. The van der Waals surface area contributed by atoms with E-state index in [0.717, 1.165) is 0 Å². The van der Waals surface area contributed by atoms with Crippen molar-refractivity contribution in [3.05, 3.63) is 52.4 Å². The first-order valence-electron chi connectivity index (χ1n) is 6.31. The van der Waals surface area contributed by atoms with Crippen molar-refractivity contribution in [2.24, 2.45) is 0 Å². The zero-order valence-electron chi connectivity index (χ0n) is 11.6. The molecule has 0 bridgehead atoms. The van der Waals surface area contributed by atoms with Crippen LogP contribution in [0.2, 0.25) is 0 Å². The molecular formula is C15H13N3O4. The molecule has 1 aliphatic rings. The summed E-state index contributed by atoms with van der Waals surface area (Å²) in [4.78, 5) is 23.1. The van der Waals surface area contributed by atoms with Crippen LogP contribution in [0.5, 0.6) is 0 Å². The Morgan fingerprint density at radius 1 is 1.27 bits per heavy atom. The number of nitriles is 1. The van der Waals surface area contributed by atoms with Crippen molar-refractivity contribution in [2.45, 2.75) is 12.8 Å². The summed E-state index contributed by atoms with van der Waals surface area (Å²) < 4.78 is 0. The molecular weight excluding hydrogens is 286 g/mol. The van der Waals surface area contributed by atoms with Gasteiger partial charge < -0.3 is 21.3 Å². The smallest absolute Gasteiger partial charge is 0.335 e. The van der Waals surface area contributed by atoms with E-state index in [-0.39, 0.29) is 22.5 Å². The third kappa shape index (κ3) is 2.50. The third-order valence-corrected chi connectivity index (χ3v) is 3.38. The van der Waals surface area contributed by atoms with Gasteiger partial charge >= 0.3 is 11.9 Å². The van der Waals surface area contributed by atoms with Crippen LogP contribution in [0.15, 0.2) is 46.8 Å². The lowest BCUT2D eigenvalue weighted by atomic mass is 9.80. The summed E-state index contributed by atoms with van der Waals surface area (Å²) in [6.07, 6.45) is 0. The van der Waals surface area contributed by atoms with Crippen LogP contribution in [-0.4, -0.2) is 22.2 Å². The van der Waals surface area contributed by atoms with Gasteiger partial charge in [-0.25, -0.2) is 9.59 Å². The number of aliphatic carboxylic acids is 2. The van der Waals surface area contributed by atoms with Crippen molar-refractivity contribution in [1.29, 1.82) is 5.26 Å². The molecule has 22 heavy (non-hydrogen) atoms. The molecule has 1 aromatic carbocycles. The zero-order valence-corrected chi connectivity index (χ0v) is 11.6. The number of anilines is 1. The first-order valence-corrected chi connectivity index (χ1v) is 6.31. The van der Waals surface area contributed by atoms with Gasteiger partial charge in [-0.05, 0) is 24.6 Å². The molecule has 0 saturated heterocycles. The highest BCUT2D eigenvalue weighted by atomic mass is 16.4. The fourth-order valence-electron chi connectivity index (χ4n) is 2.50. The summed E-state index contributed by atoms with van der Waals surface area (Å²) in [5, 5.41) is 30.6. The lowest BCUT2D eigenvalue weighted by Gasteiger charge is -2.27. The van der Waals surface area contributed by atoms with E-state index in [9.17, 15) is 19.8 Å². The van der Waals surface area contributed by atoms with Gasteiger partial charge in [0.05, 0.1) is 17.1 Å². The van der Waals surface area contributed by atoms with E-state index in [0.29, 0.717) is 11.3 Å². The normalized spacial score (nSPS) is 17.7. The van der Waals surface area contributed by atoms with Gasteiger partial charge in [0.2, 0.25) is 0 Å². The number of nitrogens with one attached hydrogen (secondary N) is 1. The van der Waals surface area contributed by atoms with Crippen molar-refractivity contribution in [3.8, 4) is 6.07 Å². The molecule has 1 atom stereocenters. The monoisotopic (exact) mass is 299 g/mol. The molecule has 7 nitrogen and oxygen atoms in total. The molecule has 0 aliphatic carbocycles. The highest BCUT2D eigenvalue weighted by Crippen LogP contribution is 2.38. The minimum atomic E-state index is -1.36. The second-order valence-electron chi connectivity index (χ2n) is 4.78. The first kappa shape index (κ1) is 15.1. The van der Waals surface area contributed by atoms with Gasteiger partial charge in [-0.15, -0.1) is 0 Å². The van der Waals surface area contributed by atoms with E-state index >= 15 is 0 Å².